The zero-order chi connectivity index (χ0) is 20.1. The Bertz CT molecular complexity index is 766. The van der Waals surface area contributed by atoms with Gasteiger partial charge >= 0.3 is 13.1 Å². The minimum Gasteiger partial charge on any atom is -0.535 e. The molecule has 0 saturated carbocycles. The van der Waals surface area contributed by atoms with E-state index < -0.39 is 13.1 Å². The highest BCUT2D eigenvalue weighted by atomic mass is 32.2. The number of aromatic carboxylic acids is 1. The number of thioether (sulfide) groups is 1. The van der Waals surface area contributed by atoms with Crippen LogP contribution in [0.1, 0.15) is 56.5 Å². The standard InChI is InChI=1S/C19H27BN2O4S/c1-5-12(3)11-22(21)18(13(4)6-2)27-16-10-14-8-7-9-15(19(23)24)17(14)26-20(16)25/h7-9,11,16,25H,5-6,10,21H2,1-4H3,(H,23,24)/b12-11-,18-13-/t16-/m0/s1. The van der Waals surface area contributed by atoms with E-state index in [0.717, 1.165) is 34.6 Å². The van der Waals surface area contributed by atoms with E-state index in [0.29, 0.717) is 6.42 Å². The lowest BCUT2D eigenvalue weighted by Crippen LogP contribution is -2.42. The number of carboxylic acid groups (broad SMARTS) is 1. The summed E-state index contributed by atoms with van der Waals surface area (Å²) in [4.78, 5) is 11.4. The van der Waals surface area contributed by atoms with Crippen molar-refractivity contribution in [1.82, 2.24) is 5.01 Å². The molecule has 0 saturated heterocycles. The number of hydrazine groups is 1. The zero-order valence-corrected chi connectivity index (χ0v) is 17.0. The van der Waals surface area contributed by atoms with Gasteiger partial charge in [-0.05, 0) is 50.3 Å². The van der Waals surface area contributed by atoms with Gasteiger partial charge in [0.1, 0.15) is 5.75 Å². The van der Waals surface area contributed by atoms with Crippen LogP contribution in [0.3, 0.4) is 0 Å². The number of nitrogens with two attached hydrogens (primary N) is 1. The van der Waals surface area contributed by atoms with Gasteiger partial charge in [-0.15, -0.1) is 11.8 Å². The Balaban J connectivity index is 2.30. The lowest BCUT2D eigenvalue weighted by molar-refractivity contribution is 0.0694. The number of rotatable bonds is 7. The molecule has 1 atom stereocenters. The van der Waals surface area contributed by atoms with Crippen LogP contribution in [0.2, 0.25) is 0 Å². The van der Waals surface area contributed by atoms with Crippen molar-refractivity contribution in [3.05, 3.63) is 51.7 Å². The van der Waals surface area contributed by atoms with Gasteiger partial charge in [0.25, 0.3) is 0 Å². The minimum absolute atomic E-state index is 0.0671. The first-order valence-corrected chi connectivity index (χ1v) is 9.93. The highest BCUT2D eigenvalue weighted by molar-refractivity contribution is 8.04. The highest BCUT2D eigenvalue weighted by Crippen LogP contribution is 2.38. The van der Waals surface area contributed by atoms with E-state index in [1.54, 1.807) is 11.1 Å². The normalized spacial score (nSPS) is 17.8. The molecule has 0 unspecified atom stereocenters. The largest absolute Gasteiger partial charge is 0.537 e. The topological polar surface area (TPSA) is 96.0 Å². The van der Waals surface area contributed by atoms with Crippen LogP contribution in [0.4, 0.5) is 0 Å². The average molecular weight is 390 g/mol. The van der Waals surface area contributed by atoms with Gasteiger partial charge in [0.2, 0.25) is 0 Å². The molecule has 0 spiro atoms. The molecule has 1 aliphatic heterocycles. The first-order valence-electron chi connectivity index (χ1n) is 9.05. The van der Waals surface area contributed by atoms with Crippen LogP contribution in [0.15, 0.2) is 40.6 Å². The summed E-state index contributed by atoms with van der Waals surface area (Å²) in [6.45, 7) is 8.16. The smallest absolute Gasteiger partial charge is 0.535 e. The van der Waals surface area contributed by atoms with Crippen LogP contribution in [0.25, 0.3) is 0 Å². The van der Waals surface area contributed by atoms with Crippen molar-refractivity contribution in [3.8, 4) is 5.75 Å². The summed E-state index contributed by atoms with van der Waals surface area (Å²) in [6, 6.07) is 5.01. The predicted octanol–water partition coefficient (Wildman–Crippen LogP) is 3.57. The van der Waals surface area contributed by atoms with Crippen LogP contribution in [-0.2, 0) is 6.42 Å². The van der Waals surface area contributed by atoms with E-state index in [1.807, 2.05) is 26.1 Å². The van der Waals surface area contributed by atoms with Gasteiger partial charge in [0.15, 0.2) is 0 Å². The average Bonchev–Trinajstić information content (AvgIpc) is 2.64. The van der Waals surface area contributed by atoms with Crippen LogP contribution >= 0.6 is 11.8 Å². The predicted molar refractivity (Wildman–Crippen MR) is 110 cm³/mol. The number of carboxylic acids is 1. The molecule has 1 heterocycles. The lowest BCUT2D eigenvalue weighted by Gasteiger charge is -2.30. The highest BCUT2D eigenvalue weighted by Gasteiger charge is 2.38. The zero-order valence-electron chi connectivity index (χ0n) is 16.2. The Kier molecular flexibility index (Phi) is 7.41. The molecule has 27 heavy (non-hydrogen) atoms. The summed E-state index contributed by atoms with van der Waals surface area (Å²) in [6.07, 6.45) is 4.12. The van der Waals surface area contributed by atoms with Crippen LogP contribution in [-0.4, -0.2) is 33.4 Å². The Morgan fingerprint density at radius 1 is 1.41 bits per heavy atom. The molecule has 8 heteroatoms. The van der Waals surface area contributed by atoms with Crippen molar-refractivity contribution in [3.63, 3.8) is 0 Å². The van der Waals surface area contributed by atoms with Crippen LogP contribution in [0.5, 0.6) is 5.75 Å². The maximum absolute atomic E-state index is 11.4. The van der Waals surface area contributed by atoms with Crippen molar-refractivity contribution < 1.29 is 19.6 Å². The maximum Gasteiger partial charge on any atom is 0.537 e. The lowest BCUT2D eigenvalue weighted by atomic mass is 9.77. The molecule has 0 fully saturated rings. The molecule has 2 rings (SSSR count). The molecule has 0 bridgehead atoms. The first kappa shape index (κ1) is 21.4. The summed E-state index contributed by atoms with van der Waals surface area (Å²) in [5.41, 5.74) is 3.10. The number of allylic oxidation sites excluding steroid dienone is 2. The van der Waals surface area contributed by atoms with Gasteiger partial charge in [-0.3, -0.25) is 5.01 Å². The van der Waals surface area contributed by atoms with E-state index in [4.69, 9.17) is 10.5 Å². The molecular weight excluding hydrogens is 363 g/mol. The molecule has 0 aromatic heterocycles. The fraction of sp³-hybridized carbons (Fsp3) is 0.421. The minimum atomic E-state index is -1.12. The van der Waals surface area contributed by atoms with E-state index in [1.165, 1.54) is 17.8 Å². The third-order valence-electron chi connectivity index (χ3n) is 4.61. The van der Waals surface area contributed by atoms with Crippen molar-refractivity contribution >= 4 is 24.8 Å². The molecule has 0 aliphatic carbocycles. The number of carbonyl (C=O) groups is 1. The van der Waals surface area contributed by atoms with Gasteiger partial charge in [-0.1, -0.05) is 31.6 Å². The molecule has 1 aromatic rings. The number of hydrogen-bond acceptors (Lipinski definition) is 6. The van der Waals surface area contributed by atoms with E-state index in [-0.39, 0.29) is 16.5 Å². The Labute approximate surface area is 165 Å². The number of benzene rings is 1. The summed E-state index contributed by atoms with van der Waals surface area (Å²) in [5.74, 6) is 5.45. The van der Waals surface area contributed by atoms with Crippen LogP contribution < -0.4 is 10.5 Å². The number of hydrogen-bond donors (Lipinski definition) is 3. The molecule has 146 valence electrons. The monoisotopic (exact) mass is 390 g/mol. The maximum atomic E-state index is 11.4. The van der Waals surface area contributed by atoms with E-state index >= 15 is 0 Å². The molecule has 1 aliphatic rings. The van der Waals surface area contributed by atoms with Crippen molar-refractivity contribution in [2.75, 3.05) is 0 Å². The molecule has 0 amide bonds. The fourth-order valence-corrected chi connectivity index (χ4v) is 3.97. The second-order valence-corrected chi connectivity index (χ2v) is 7.87. The molecule has 4 N–H and O–H groups in total. The molecule has 0 radical (unpaired) electrons. The summed E-state index contributed by atoms with van der Waals surface area (Å²) in [7, 11) is -1.12. The molecule has 6 nitrogen and oxygen atoms in total. The van der Waals surface area contributed by atoms with Gasteiger partial charge in [0.05, 0.1) is 15.7 Å². The summed E-state index contributed by atoms with van der Waals surface area (Å²) >= 11 is 1.46. The Morgan fingerprint density at radius 2 is 2.11 bits per heavy atom. The third kappa shape index (κ3) is 5.09. The number of para-hydroxylation sites is 1. The summed E-state index contributed by atoms with van der Waals surface area (Å²) in [5, 5.41) is 22.0. The fourth-order valence-electron chi connectivity index (χ4n) is 2.73. The SMILES string of the molecule is CC/C(C)=C\N(N)/C(S[C@H]1Cc2cccc(C(=O)O)c2OB1O)=C(\C)CC. The quantitative estimate of drug-likeness (QED) is 0.372. The number of nitrogens with zero attached hydrogens (tertiary/aromatic N) is 1. The van der Waals surface area contributed by atoms with Crippen molar-refractivity contribution in [2.24, 2.45) is 5.84 Å². The van der Waals surface area contributed by atoms with Gasteiger partial charge in [0, 0.05) is 6.20 Å². The van der Waals surface area contributed by atoms with E-state index in [9.17, 15) is 14.9 Å². The number of fused-ring (bicyclic) bond motifs is 1. The van der Waals surface area contributed by atoms with Crippen molar-refractivity contribution in [1.29, 1.82) is 0 Å². The molecular formula is C19H27BN2O4S. The second kappa shape index (κ2) is 9.35. The third-order valence-corrected chi connectivity index (χ3v) is 6.10. The molecule has 1 aromatic carbocycles. The van der Waals surface area contributed by atoms with E-state index in [2.05, 4.69) is 13.8 Å². The van der Waals surface area contributed by atoms with Gasteiger partial charge < -0.3 is 14.8 Å². The Hall–Kier alpha value is -1.90. The Morgan fingerprint density at radius 3 is 2.70 bits per heavy atom. The first-order chi connectivity index (χ1) is 12.8. The van der Waals surface area contributed by atoms with Gasteiger partial charge in [-0.25, -0.2) is 10.6 Å². The second-order valence-electron chi connectivity index (χ2n) is 6.64. The van der Waals surface area contributed by atoms with Gasteiger partial charge in [-0.2, -0.15) is 0 Å². The summed E-state index contributed by atoms with van der Waals surface area (Å²) < 4.78 is 5.59. The van der Waals surface area contributed by atoms with Crippen molar-refractivity contribution in [2.45, 2.75) is 52.1 Å². The van der Waals surface area contributed by atoms with Crippen LogP contribution in [0, 0.1) is 0 Å².